The first-order valence-corrected chi connectivity index (χ1v) is 9.47. The van der Waals surface area contributed by atoms with E-state index in [0.717, 1.165) is 36.3 Å². The Morgan fingerprint density at radius 3 is 2.68 bits per heavy atom. The van der Waals surface area contributed by atoms with Crippen molar-refractivity contribution < 1.29 is 9.72 Å². The predicted molar refractivity (Wildman–Crippen MR) is 111 cm³/mol. The summed E-state index contributed by atoms with van der Waals surface area (Å²) in [6.45, 7) is 5.62. The number of benzene rings is 1. The van der Waals surface area contributed by atoms with Crippen molar-refractivity contribution in [1.29, 1.82) is 0 Å². The molecule has 2 aromatic rings. The van der Waals surface area contributed by atoms with Gasteiger partial charge in [0.25, 0.3) is 5.69 Å². The van der Waals surface area contributed by atoms with Gasteiger partial charge in [0.2, 0.25) is 5.91 Å². The lowest BCUT2D eigenvalue weighted by Gasteiger charge is -2.06. The number of nitro groups is 1. The van der Waals surface area contributed by atoms with E-state index in [4.69, 9.17) is 11.6 Å². The number of carbonyl (C=O) groups excluding carboxylic acids is 1. The highest BCUT2D eigenvalue weighted by Gasteiger charge is 2.11. The Bertz CT molecular complexity index is 846. The normalized spacial score (nSPS) is 11.0. The lowest BCUT2D eigenvalue weighted by Crippen LogP contribution is -2.27. The number of anilines is 1. The number of amides is 1. The summed E-state index contributed by atoms with van der Waals surface area (Å²) in [7, 11) is 0. The Balaban J connectivity index is 1.79. The molecule has 0 bridgehead atoms. The third-order valence-corrected chi connectivity index (χ3v) is 4.46. The fourth-order valence-corrected chi connectivity index (χ4v) is 2.85. The first-order chi connectivity index (χ1) is 13.4. The Morgan fingerprint density at radius 2 is 2.04 bits per heavy atom. The number of aryl methyl sites for hydroxylation is 2. The molecule has 0 aliphatic rings. The summed E-state index contributed by atoms with van der Waals surface area (Å²) in [6, 6.07) is 6.11. The zero-order chi connectivity index (χ0) is 20.5. The van der Waals surface area contributed by atoms with Gasteiger partial charge in [-0.05, 0) is 31.6 Å². The molecule has 2 rings (SSSR count). The topological polar surface area (TPSA) is 102 Å². The smallest absolute Gasteiger partial charge is 0.269 e. The van der Waals surface area contributed by atoms with Crippen molar-refractivity contribution in [3.05, 3.63) is 56.9 Å². The van der Waals surface area contributed by atoms with E-state index in [1.165, 1.54) is 18.2 Å². The average molecular weight is 406 g/mol. The molecule has 1 amide bonds. The van der Waals surface area contributed by atoms with E-state index in [2.05, 4.69) is 22.7 Å². The largest absolute Gasteiger partial charge is 0.383 e. The van der Waals surface area contributed by atoms with E-state index in [1.807, 2.05) is 6.92 Å². The zero-order valence-electron chi connectivity index (χ0n) is 15.9. The number of nitrogens with zero attached hydrogens (tertiary/aromatic N) is 3. The summed E-state index contributed by atoms with van der Waals surface area (Å²) in [5.41, 5.74) is 2.31. The van der Waals surface area contributed by atoms with Crippen LogP contribution in [0, 0.1) is 17.0 Å². The Hall–Kier alpha value is -2.87. The van der Waals surface area contributed by atoms with Crippen molar-refractivity contribution in [2.75, 3.05) is 18.4 Å². The third kappa shape index (κ3) is 6.09. The van der Waals surface area contributed by atoms with Gasteiger partial charge in [-0.3, -0.25) is 19.6 Å². The van der Waals surface area contributed by atoms with Crippen molar-refractivity contribution in [2.24, 2.45) is 0 Å². The van der Waals surface area contributed by atoms with Crippen LogP contribution in [-0.4, -0.2) is 33.7 Å². The van der Waals surface area contributed by atoms with Crippen LogP contribution in [-0.2, 0) is 11.3 Å². The summed E-state index contributed by atoms with van der Waals surface area (Å²) in [6.07, 6.45) is 5.15. The van der Waals surface area contributed by atoms with Crippen molar-refractivity contribution in [1.82, 2.24) is 15.1 Å². The molecule has 1 heterocycles. The average Bonchev–Trinajstić information content (AvgIpc) is 2.95. The molecule has 0 aliphatic heterocycles. The molecule has 8 nitrogen and oxygen atoms in total. The molecule has 0 radical (unpaired) electrons. The quantitative estimate of drug-likeness (QED) is 0.271. The molecule has 0 saturated carbocycles. The molecule has 0 unspecified atom stereocenters. The highest BCUT2D eigenvalue weighted by Crippen LogP contribution is 2.21. The van der Waals surface area contributed by atoms with Gasteiger partial charge in [-0.2, -0.15) is 5.10 Å². The Labute approximate surface area is 168 Å². The number of aromatic nitrogens is 2. The molecule has 150 valence electrons. The SMILES string of the molecule is CCCCn1nc(C)c(/C=C/C(=O)NCCNc2ccc([N+](=O)[O-])cc2)c1Cl. The maximum atomic E-state index is 12.0. The number of halogens is 1. The summed E-state index contributed by atoms with van der Waals surface area (Å²) in [5, 5.41) is 21.4. The van der Waals surface area contributed by atoms with Gasteiger partial charge in [0.15, 0.2) is 0 Å². The second-order valence-electron chi connectivity index (χ2n) is 6.22. The molecule has 0 atom stereocenters. The molecule has 2 N–H and O–H groups in total. The van der Waals surface area contributed by atoms with E-state index in [1.54, 1.807) is 22.9 Å². The van der Waals surface area contributed by atoms with Gasteiger partial charge in [0.1, 0.15) is 5.15 Å². The number of hydrogen-bond acceptors (Lipinski definition) is 5. The minimum Gasteiger partial charge on any atom is -0.383 e. The number of nitrogens with one attached hydrogen (secondary N) is 2. The summed E-state index contributed by atoms with van der Waals surface area (Å²) < 4.78 is 1.76. The van der Waals surface area contributed by atoms with Crippen LogP contribution in [0.3, 0.4) is 0 Å². The van der Waals surface area contributed by atoms with Gasteiger partial charge >= 0.3 is 0 Å². The number of unbranched alkanes of at least 4 members (excludes halogenated alkanes) is 1. The molecule has 0 fully saturated rings. The molecular formula is C19H24ClN5O3. The van der Waals surface area contributed by atoms with Crippen LogP contribution in [0.4, 0.5) is 11.4 Å². The van der Waals surface area contributed by atoms with Crippen LogP contribution >= 0.6 is 11.6 Å². The van der Waals surface area contributed by atoms with Crippen molar-refractivity contribution >= 4 is 35.0 Å². The van der Waals surface area contributed by atoms with Crippen LogP contribution in [0.5, 0.6) is 0 Å². The highest BCUT2D eigenvalue weighted by atomic mass is 35.5. The fraction of sp³-hybridized carbons (Fsp3) is 0.368. The fourth-order valence-electron chi connectivity index (χ4n) is 2.52. The molecule has 9 heteroatoms. The molecule has 0 spiro atoms. The summed E-state index contributed by atoms with van der Waals surface area (Å²) in [5.74, 6) is -0.234. The second kappa shape index (κ2) is 10.5. The first kappa shape index (κ1) is 21.4. The lowest BCUT2D eigenvalue weighted by atomic mass is 10.2. The molecule has 0 saturated heterocycles. The monoisotopic (exact) mass is 405 g/mol. The number of hydrogen-bond donors (Lipinski definition) is 2. The predicted octanol–water partition coefficient (Wildman–Crippen LogP) is 3.79. The van der Waals surface area contributed by atoms with Crippen molar-refractivity contribution in [2.45, 2.75) is 33.2 Å². The minimum absolute atomic E-state index is 0.0379. The van der Waals surface area contributed by atoms with Crippen LogP contribution in [0.25, 0.3) is 6.08 Å². The minimum atomic E-state index is -0.447. The van der Waals surface area contributed by atoms with Crippen LogP contribution in [0.2, 0.25) is 5.15 Å². The summed E-state index contributed by atoms with van der Waals surface area (Å²) in [4.78, 5) is 22.2. The van der Waals surface area contributed by atoms with Crippen molar-refractivity contribution in [3.8, 4) is 0 Å². The molecule has 1 aromatic carbocycles. The van der Waals surface area contributed by atoms with Crippen LogP contribution in [0.1, 0.15) is 31.0 Å². The van der Waals surface area contributed by atoms with Crippen LogP contribution < -0.4 is 10.6 Å². The summed E-state index contributed by atoms with van der Waals surface area (Å²) >= 11 is 6.34. The number of carbonyl (C=O) groups is 1. The van der Waals surface area contributed by atoms with Gasteiger partial charge < -0.3 is 10.6 Å². The first-order valence-electron chi connectivity index (χ1n) is 9.09. The maximum absolute atomic E-state index is 12.0. The van der Waals surface area contributed by atoms with Gasteiger partial charge in [0.05, 0.1) is 10.6 Å². The van der Waals surface area contributed by atoms with Crippen molar-refractivity contribution in [3.63, 3.8) is 0 Å². The highest BCUT2D eigenvalue weighted by molar-refractivity contribution is 6.31. The van der Waals surface area contributed by atoms with E-state index in [-0.39, 0.29) is 11.6 Å². The number of non-ortho nitro benzene ring substituents is 1. The van der Waals surface area contributed by atoms with Gasteiger partial charge in [-0.15, -0.1) is 0 Å². The standard InChI is InChI=1S/C19H24ClN5O3/c1-3-4-13-24-19(20)17(14(2)23-24)9-10-18(26)22-12-11-21-15-5-7-16(8-6-15)25(27)28/h5-10,21H,3-4,11-13H2,1-2H3,(H,22,26)/b10-9+. The molecule has 0 aliphatic carbocycles. The maximum Gasteiger partial charge on any atom is 0.269 e. The third-order valence-electron chi connectivity index (χ3n) is 4.07. The number of nitro benzene ring substituents is 1. The van der Waals surface area contributed by atoms with E-state index in [0.29, 0.717) is 18.2 Å². The number of rotatable bonds is 10. The van der Waals surface area contributed by atoms with Gasteiger partial charge in [-0.25, -0.2) is 0 Å². The van der Waals surface area contributed by atoms with Gasteiger partial charge in [-0.1, -0.05) is 24.9 Å². The van der Waals surface area contributed by atoms with E-state index < -0.39 is 4.92 Å². The molecular weight excluding hydrogens is 382 g/mol. The van der Waals surface area contributed by atoms with Gasteiger partial charge in [0, 0.05) is 49.1 Å². The van der Waals surface area contributed by atoms with E-state index in [9.17, 15) is 14.9 Å². The Morgan fingerprint density at radius 1 is 1.32 bits per heavy atom. The molecule has 1 aromatic heterocycles. The van der Waals surface area contributed by atoms with E-state index >= 15 is 0 Å². The zero-order valence-corrected chi connectivity index (χ0v) is 16.7. The van der Waals surface area contributed by atoms with Crippen LogP contribution in [0.15, 0.2) is 30.3 Å². The molecule has 28 heavy (non-hydrogen) atoms. The second-order valence-corrected chi connectivity index (χ2v) is 6.58. The Kier molecular flexibility index (Phi) is 8.01. The lowest BCUT2D eigenvalue weighted by molar-refractivity contribution is -0.384.